The van der Waals surface area contributed by atoms with Crippen molar-refractivity contribution in [2.75, 3.05) is 38.3 Å². The summed E-state index contributed by atoms with van der Waals surface area (Å²) in [4.78, 5) is 0. The Labute approximate surface area is 124 Å². The highest BCUT2D eigenvalue weighted by Gasteiger charge is 2.09. The normalized spacial score (nSPS) is 15.2. The molecule has 0 spiro atoms. The highest BCUT2D eigenvalue weighted by Crippen LogP contribution is 2.12. The Morgan fingerprint density at radius 3 is 2.50 bits per heavy atom. The van der Waals surface area contributed by atoms with Gasteiger partial charge in [-0.3, -0.25) is 0 Å². The number of sulfone groups is 1. The van der Waals surface area contributed by atoms with Crippen LogP contribution in [0.15, 0.2) is 0 Å². The molecule has 2 atom stereocenters. The van der Waals surface area contributed by atoms with Crippen molar-refractivity contribution < 1.29 is 18.3 Å². The van der Waals surface area contributed by atoms with Crippen LogP contribution in [-0.2, 0) is 14.6 Å². The van der Waals surface area contributed by atoms with Crippen LogP contribution in [0.2, 0.25) is 0 Å². The molecule has 20 heavy (non-hydrogen) atoms. The Hall–Kier alpha value is -0.170. The molecule has 5 nitrogen and oxygen atoms in total. The number of unbranched alkanes of at least 4 members (excludes halogenated alkanes) is 1. The van der Waals surface area contributed by atoms with Crippen LogP contribution in [0, 0.1) is 5.92 Å². The van der Waals surface area contributed by atoms with Gasteiger partial charge in [0.25, 0.3) is 0 Å². The van der Waals surface area contributed by atoms with Crippen LogP contribution in [0.3, 0.4) is 0 Å². The number of ether oxygens (including phenoxy) is 1. The van der Waals surface area contributed by atoms with Crippen LogP contribution in [0.1, 0.15) is 39.5 Å². The first-order valence-electron chi connectivity index (χ1n) is 7.53. The first-order chi connectivity index (χ1) is 9.39. The van der Waals surface area contributed by atoms with E-state index in [0.29, 0.717) is 32.2 Å². The van der Waals surface area contributed by atoms with E-state index in [-0.39, 0.29) is 5.75 Å². The van der Waals surface area contributed by atoms with E-state index in [2.05, 4.69) is 19.2 Å². The maximum Gasteiger partial charge on any atom is 0.148 e. The molecule has 0 radical (unpaired) electrons. The zero-order chi connectivity index (χ0) is 15.4. The Morgan fingerprint density at radius 2 is 1.95 bits per heavy atom. The van der Waals surface area contributed by atoms with E-state index >= 15 is 0 Å². The minimum absolute atomic E-state index is 0.0928. The number of rotatable bonds is 13. The monoisotopic (exact) mass is 309 g/mol. The number of nitrogens with one attached hydrogen (secondary N) is 1. The van der Waals surface area contributed by atoms with E-state index in [0.717, 1.165) is 6.42 Å². The number of aliphatic hydroxyl groups is 1. The third-order valence-electron chi connectivity index (χ3n) is 3.24. The van der Waals surface area contributed by atoms with Gasteiger partial charge in [-0.15, -0.1) is 0 Å². The second kappa shape index (κ2) is 11.5. The molecule has 0 heterocycles. The van der Waals surface area contributed by atoms with Gasteiger partial charge < -0.3 is 15.2 Å². The molecule has 0 aliphatic heterocycles. The maximum atomic E-state index is 10.9. The van der Waals surface area contributed by atoms with E-state index in [1.807, 2.05) is 0 Å². The molecule has 0 bridgehead atoms. The standard InChI is InChI=1S/C14H31NO4S/c1-4-6-7-13(5-2)11-19-12-14(16)10-15-8-9-20(3,17)18/h13-16H,4-12H2,1-3H3. The molecule has 0 fully saturated rings. The zero-order valence-electron chi connectivity index (χ0n) is 13.1. The van der Waals surface area contributed by atoms with Crippen LogP contribution in [0.25, 0.3) is 0 Å². The van der Waals surface area contributed by atoms with Crippen molar-refractivity contribution in [1.29, 1.82) is 0 Å². The molecule has 0 amide bonds. The third kappa shape index (κ3) is 12.8. The summed E-state index contributed by atoms with van der Waals surface area (Å²) in [5.41, 5.74) is 0. The second-order valence-electron chi connectivity index (χ2n) is 5.44. The maximum absolute atomic E-state index is 10.9. The number of hydrogen-bond acceptors (Lipinski definition) is 5. The molecule has 0 aromatic heterocycles. The Morgan fingerprint density at radius 1 is 1.25 bits per heavy atom. The van der Waals surface area contributed by atoms with Crippen LogP contribution >= 0.6 is 0 Å². The van der Waals surface area contributed by atoms with Crippen molar-refractivity contribution >= 4 is 9.84 Å². The summed E-state index contributed by atoms with van der Waals surface area (Å²) in [6.07, 6.45) is 5.31. The molecule has 0 saturated carbocycles. The number of aliphatic hydroxyl groups excluding tert-OH is 1. The predicted molar refractivity (Wildman–Crippen MR) is 82.7 cm³/mol. The molecule has 0 rings (SSSR count). The highest BCUT2D eigenvalue weighted by atomic mass is 32.2. The second-order valence-corrected chi connectivity index (χ2v) is 7.70. The SMILES string of the molecule is CCCCC(CC)COCC(O)CNCCS(C)(=O)=O. The van der Waals surface area contributed by atoms with Gasteiger partial charge >= 0.3 is 0 Å². The highest BCUT2D eigenvalue weighted by molar-refractivity contribution is 7.90. The summed E-state index contributed by atoms with van der Waals surface area (Å²) in [5, 5.41) is 12.6. The summed E-state index contributed by atoms with van der Waals surface area (Å²) in [7, 11) is -2.94. The minimum Gasteiger partial charge on any atom is -0.389 e. The molecule has 122 valence electrons. The fraction of sp³-hybridized carbons (Fsp3) is 1.00. The van der Waals surface area contributed by atoms with Gasteiger partial charge in [0, 0.05) is 26.0 Å². The third-order valence-corrected chi connectivity index (χ3v) is 4.18. The van der Waals surface area contributed by atoms with Crippen molar-refractivity contribution in [2.24, 2.45) is 5.92 Å². The first kappa shape index (κ1) is 19.8. The average Bonchev–Trinajstić information content (AvgIpc) is 2.37. The summed E-state index contributed by atoms with van der Waals surface area (Å²) in [6.45, 7) is 6.06. The molecule has 2 N–H and O–H groups in total. The Balaban J connectivity index is 3.59. The van der Waals surface area contributed by atoms with Crippen molar-refractivity contribution in [3.05, 3.63) is 0 Å². The largest absolute Gasteiger partial charge is 0.389 e. The first-order valence-corrected chi connectivity index (χ1v) is 9.59. The molecule has 6 heteroatoms. The van der Waals surface area contributed by atoms with Crippen LogP contribution in [0.4, 0.5) is 0 Å². The molecule has 0 saturated heterocycles. The van der Waals surface area contributed by atoms with Crippen molar-refractivity contribution in [1.82, 2.24) is 5.32 Å². The molecular weight excluding hydrogens is 278 g/mol. The summed E-state index contributed by atoms with van der Waals surface area (Å²) in [6, 6.07) is 0. The zero-order valence-corrected chi connectivity index (χ0v) is 13.9. The van der Waals surface area contributed by atoms with E-state index < -0.39 is 15.9 Å². The van der Waals surface area contributed by atoms with Gasteiger partial charge in [-0.05, 0) is 12.3 Å². The lowest BCUT2D eigenvalue weighted by Crippen LogP contribution is -2.33. The van der Waals surface area contributed by atoms with Gasteiger partial charge in [-0.1, -0.05) is 33.1 Å². The molecular formula is C14H31NO4S. The smallest absolute Gasteiger partial charge is 0.148 e. The summed E-state index contributed by atoms with van der Waals surface area (Å²) >= 11 is 0. The van der Waals surface area contributed by atoms with Gasteiger partial charge in [0.05, 0.1) is 18.5 Å². The Bertz CT molecular complexity index is 319. The van der Waals surface area contributed by atoms with Crippen molar-refractivity contribution in [2.45, 2.75) is 45.6 Å². The summed E-state index contributed by atoms with van der Waals surface area (Å²) < 4.78 is 27.4. The fourth-order valence-corrected chi connectivity index (χ4v) is 2.37. The van der Waals surface area contributed by atoms with E-state index in [1.165, 1.54) is 25.5 Å². The molecule has 0 aliphatic rings. The van der Waals surface area contributed by atoms with Gasteiger partial charge in [0.2, 0.25) is 0 Å². The number of hydrogen-bond donors (Lipinski definition) is 2. The fourth-order valence-electron chi connectivity index (χ4n) is 1.85. The predicted octanol–water partition coefficient (Wildman–Crippen LogP) is 1.21. The van der Waals surface area contributed by atoms with E-state index in [9.17, 15) is 13.5 Å². The van der Waals surface area contributed by atoms with Gasteiger partial charge in [-0.2, -0.15) is 0 Å². The van der Waals surface area contributed by atoms with Crippen LogP contribution in [-0.4, -0.2) is 57.9 Å². The summed E-state index contributed by atoms with van der Waals surface area (Å²) in [5.74, 6) is 0.663. The van der Waals surface area contributed by atoms with Crippen LogP contribution < -0.4 is 5.32 Å². The Kier molecular flexibility index (Phi) is 11.4. The van der Waals surface area contributed by atoms with Crippen molar-refractivity contribution in [3.8, 4) is 0 Å². The lowest BCUT2D eigenvalue weighted by atomic mass is 10.0. The lowest BCUT2D eigenvalue weighted by Gasteiger charge is -2.17. The van der Waals surface area contributed by atoms with Gasteiger partial charge in [-0.25, -0.2) is 8.42 Å². The molecule has 0 aliphatic carbocycles. The quantitative estimate of drug-likeness (QED) is 0.500. The van der Waals surface area contributed by atoms with E-state index in [1.54, 1.807) is 0 Å². The topological polar surface area (TPSA) is 75.6 Å². The minimum atomic E-state index is -2.94. The van der Waals surface area contributed by atoms with Gasteiger partial charge in [0.1, 0.15) is 9.84 Å². The molecule has 2 unspecified atom stereocenters. The lowest BCUT2D eigenvalue weighted by molar-refractivity contribution is 0.0196. The van der Waals surface area contributed by atoms with Crippen LogP contribution in [0.5, 0.6) is 0 Å². The molecule has 0 aromatic carbocycles. The van der Waals surface area contributed by atoms with Crippen molar-refractivity contribution in [3.63, 3.8) is 0 Å². The average molecular weight is 309 g/mol. The van der Waals surface area contributed by atoms with Gasteiger partial charge in [0.15, 0.2) is 0 Å². The molecule has 0 aromatic rings. The van der Waals surface area contributed by atoms with E-state index in [4.69, 9.17) is 4.74 Å².